The van der Waals surface area contributed by atoms with Gasteiger partial charge < -0.3 is 20.1 Å². The molecular weight excluding hydrogens is 232 g/mol. The van der Waals surface area contributed by atoms with E-state index in [1.54, 1.807) is 0 Å². The number of rotatable bonds is 4. The summed E-state index contributed by atoms with van der Waals surface area (Å²) in [5, 5.41) is 23.1. The molecule has 0 heterocycles. The third-order valence-electron chi connectivity index (χ3n) is 0.808. The summed E-state index contributed by atoms with van der Waals surface area (Å²) in [7, 11) is 0. The van der Waals surface area contributed by atoms with Crippen molar-refractivity contribution in [3.63, 3.8) is 0 Å². The molecule has 0 spiro atoms. The molecule has 7 heteroatoms. The van der Waals surface area contributed by atoms with Crippen LogP contribution in [-0.4, -0.2) is 46.4 Å². The predicted molar refractivity (Wildman–Crippen MR) is 59.4 cm³/mol. The van der Waals surface area contributed by atoms with Gasteiger partial charge in [0.15, 0.2) is 0 Å². The molecule has 0 aliphatic heterocycles. The first-order valence-electron chi connectivity index (χ1n) is 4.26. The molecule has 3 N–H and O–H groups in total. The number of aliphatic carboxylic acids is 1. The van der Waals surface area contributed by atoms with Crippen molar-refractivity contribution in [2.24, 2.45) is 0 Å². The Bertz CT molecular complexity index is 245. The molecule has 0 bridgehead atoms. The van der Waals surface area contributed by atoms with Gasteiger partial charge in [0.1, 0.15) is 6.61 Å². The van der Waals surface area contributed by atoms with Gasteiger partial charge in [0.25, 0.3) is 6.47 Å². The number of carbonyl (C=O) groups is 3. The Morgan fingerprint density at radius 2 is 1.71 bits per heavy atom. The van der Waals surface area contributed by atoms with Gasteiger partial charge in [0, 0.05) is 12.2 Å². The minimum Gasteiger partial charge on any atom is -0.483 e. The maximum absolute atomic E-state index is 10.3. The maximum atomic E-state index is 10.3. The van der Waals surface area contributed by atoms with Crippen LogP contribution in [0.3, 0.4) is 0 Å². The predicted octanol–water partition coefficient (Wildman–Crippen LogP) is 0.0542. The van der Waals surface area contributed by atoms with Crippen molar-refractivity contribution >= 4 is 18.4 Å². The first kappa shape index (κ1) is 20.3. The summed E-state index contributed by atoms with van der Waals surface area (Å²) in [6.07, 6.45) is 1.29. The van der Waals surface area contributed by atoms with Gasteiger partial charge in [-0.05, 0) is 6.92 Å². The molecule has 0 fully saturated rings. The molecule has 0 aliphatic rings. The van der Waals surface area contributed by atoms with Crippen LogP contribution < -0.4 is 0 Å². The van der Waals surface area contributed by atoms with Gasteiger partial charge in [-0.15, -0.1) is 0 Å². The molecule has 7 nitrogen and oxygen atoms in total. The van der Waals surface area contributed by atoms with Crippen molar-refractivity contribution in [1.29, 1.82) is 0 Å². The molecule has 98 valence electrons. The van der Waals surface area contributed by atoms with E-state index in [2.05, 4.69) is 17.9 Å². The molecule has 0 saturated carbocycles. The number of aliphatic hydroxyl groups is 1. The molecule has 0 aromatic rings. The quantitative estimate of drug-likeness (QED) is 0.365. The van der Waals surface area contributed by atoms with Crippen LogP contribution in [0.2, 0.25) is 0 Å². The summed E-state index contributed by atoms with van der Waals surface area (Å²) in [6.45, 7) is 7.46. The van der Waals surface area contributed by atoms with E-state index in [1.165, 1.54) is 6.92 Å². The summed E-state index contributed by atoms with van der Waals surface area (Å²) in [4.78, 5) is 27.9. The first-order chi connectivity index (χ1) is 7.85. The van der Waals surface area contributed by atoms with Crippen molar-refractivity contribution in [2.45, 2.75) is 13.0 Å². The number of hydrogen-bond acceptors (Lipinski definition) is 5. The van der Waals surface area contributed by atoms with Gasteiger partial charge in [-0.3, -0.25) is 4.79 Å². The summed E-state index contributed by atoms with van der Waals surface area (Å²) >= 11 is 0. The molecule has 0 saturated heterocycles. The third kappa shape index (κ3) is 41.4. The van der Waals surface area contributed by atoms with E-state index < -0.39 is 18.0 Å². The van der Waals surface area contributed by atoms with Crippen LogP contribution in [0, 0.1) is 0 Å². The molecule has 0 aromatic heterocycles. The molecule has 1 unspecified atom stereocenters. The molecule has 1 atom stereocenters. The highest BCUT2D eigenvalue weighted by atomic mass is 16.5. The number of carboxylic acid groups (broad SMARTS) is 2. The van der Waals surface area contributed by atoms with E-state index in [0.29, 0.717) is 0 Å². The summed E-state index contributed by atoms with van der Waals surface area (Å²) in [5.74, 6) is -1.49. The van der Waals surface area contributed by atoms with Crippen molar-refractivity contribution in [2.75, 3.05) is 6.61 Å². The molecular formula is C10H16O7. The zero-order chi connectivity index (χ0) is 14.3. The van der Waals surface area contributed by atoms with Crippen molar-refractivity contribution < 1.29 is 34.4 Å². The van der Waals surface area contributed by atoms with E-state index in [1.807, 2.05) is 0 Å². The molecule has 0 radical (unpaired) electrons. The zero-order valence-corrected chi connectivity index (χ0v) is 9.41. The fourth-order valence-electron chi connectivity index (χ4n) is 0.262. The smallest absolute Gasteiger partial charge is 0.330 e. The fourth-order valence-corrected chi connectivity index (χ4v) is 0.262. The SMILES string of the molecule is C=CC(=O)O.C=CC(=O)OCC(C)O.O=CO. The Kier molecular flexibility index (Phi) is 19.4. The monoisotopic (exact) mass is 248 g/mol. The van der Waals surface area contributed by atoms with Crippen LogP contribution in [-0.2, 0) is 19.1 Å². The Morgan fingerprint density at radius 1 is 1.35 bits per heavy atom. The van der Waals surface area contributed by atoms with E-state index in [0.717, 1.165) is 12.2 Å². The maximum Gasteiger partial charge on any atom is 0.330 e. The molecule has 0 aromatic carbocycles. The number of hydrogen-bond donors (Lipinski definition) is 3. The average molecular weight is 248 g/mol. The Hall–Kier alpha value is -2.15. The van der Waals surface area contributed by atoms with Crippen LogP contribution >= 0.6 is 0 Å². The van der Waals surface area contributed by atoms with Crippen LogP contribution in [0.15, 0.2) is 25.3 Å². The van der Waals surface area contributed by atoms with Gasteiger partial charge in [0.2, 0.25) is 0 Å². The molecule has 0 aliphatic carbocycles. The van der Waals surface area contributed by atoms with Crippen LogP contribution in [0.25, 0.3) is 0 Å². The largest absolute Gasteiger partial charge is 0.483 e. The average Bonchev–Trinajstić information content (AvgIpc) is 2.27. The van der Waals surface area contributed by atoms with Crippen molar-refractivity contribution in [1.82, 2.24) is 0 Å². The normalized spacial score (nSPS) is 9.06. The van der Waals surface area contributed by atoms with Gasteiger partial charge >= 0.3 is 11.9 Å². The highest BCUT2D eigenvalue weighted by Crippen LogP contribution is 1.83. The third-order valence-corrected chi connectivity index (χ3v) is 0.808. The Morgan fingerprint density at radius 3 is 1.88 bits per heavy atom. The molecule has 0 amide bonds. The highest BCUT2D eigenvalue weighted by Gasteiger charge is 1.98. The summed E-state index contributed by atoms with van der Waals surface area (Å²) < 4.78 is 4.45. The lowest BCUT2D eigenvalue weighted by Gasteiger charge is -2.02. The lowest BCUT2D eigenvalue weighted by atomic mass is 10.4. The van der Waals surface area contributed by atoms with E-state index in [-0.39, 0.29) is 13.1 Å². The summed E-state index contributed by atoms with van der Waals surface area (Å²) in [5.41, 5.74) is 0. The lowest BCUT2D eigenvalue weighted by molar-refractivity contribution is -0.140. The summed E-state index contributed by atoms with van der Waals surface area (Å²) in [6, 6.07) is 0. The zero-order valence-electron chi connectivity index (χ0n) is 9.41. The van der Waals surface area contributed by atoms with Gasteiger partial charge in [-0.2, -0.15) is 0 Å². The number of carboxylic acids is 1. The van der Waals surface area contributed by atoms with E-state index in [4.69, 9.17) is 20.1 Å². The number of aliphatic hydroxyl groups excluding tert-OH is 1. The van der Waals surface area contributed by atoms with Gasteiger partial charge in [-0.1, -0.05) is 13.2 Å². The van der Waals surface area contributed by atoms with E-state index >= 15 is 0 Å². The number of carbonyl (C=O) groups excluding carboxylic acids is 1. The lowest BCUT2D eigenvalue weighted by Crippen LogP contribution is -2.13. The van der Waals surface area contributed by atoms with Gasteiger partial charge in [0.05, 0.1) is 6.10 Å². The van der Waals surface area contributed by atoms with Crippen LogP contribution in [0.1, 0.15) is 6.92 Å². The van der Waals surface area contributed by atoms with Crippen molar-refractivity contribution in [3.8, 4) is 0 Å². The second-order valence-corrected chi connectivity index (χ2v) is 2.33. The second-order valence-electron chi connectivity index (χ2n) is 2.33. The Balaban J connectivity index is -0.000000207. The first-order valence-corrected chi connectivity index (χ1v) is 4.26. The van der Waals surface area contributed by atoms with Crippen LogP contribution in [0.4, 0.5) is 0 Å². The minimum absolute atomic E-state index is 0.0326. The van der Waals surface area contributed by atoms with Crippen LogP contribution in [0.5, 0.6) is 0 Å². The van der Waals surface area contributed by atoms with Gasteiger partial charge in [-0.25, -0.2) is 9.59 Å². The molecule has 0 rings (SSSR count). The topological polar surface area (TPSA) is 121 Å². The fraction of sp³-hybridized carbons (Fsp3) is 0.300. The Labute approximate surface area is 98.6 Å². The number of ether oxygens (including phenoxy) is 1. The van der Waals surface area contributed by atoms with E-state index in [9.17, 15) is 9.59 Å². The molecule has 17 heavy (non-hydrogen) atoms. The second kappa shape index (κ2) is 16.3. The number of esters is 1. The minimum atomic E-state index is -0.981. The standard InChI is InChI=1S/C6H10O3.C3H4O2.CH2O2/c1-3-6(8)9-4-5(2)7;1-2-3(4)5;2-1-3/h3,5,7H,1,4H2,2H3;2H,1H2,(H,4,5);1H,(H,2,3). The highest BCUT2D eigenvalue weighted by molar-refractivity contribution is 5.81. The van der Waals surface area contributed by atoms with Crippen molar-refractivity contribution in [3.05, 3.63) is 25.3 Å².